The minimum atomic E-state index is -2.80. The maximum atomic E-state index is 12.4. The topological polar surface area (TPSA) is 50.4 Å². The Hall–Kier alpha value is -5.67. The predicted octanol–water partition coefficient (Wildman–Crippen LogP) is 8.72. The number of nitrogens with zero attached hydrogens (tertiary/aromatic N) is 3. The third kappa shape index (κ3) is 4.53. The average Bonchev–Trinajstić information content (AvgIpc) is 3.53. The quantitative estimate of drug-likeness (QED) is 0.195. The van der Waals surface area contributed by atoms with Crippen molar-refractivity contribution in [3.8, 4) is 22.4 Å². The van der Waals surface area contributed by atoms with Gasteiger partial charge in [-0.05, 0) is 82.6 Å². The van der Waals surface area contributed by atoms with Crippen LogP contribution in [-0.2, 0) is 0 Å². The van der Waals surface area contributed by atoms with Crippen LogP contribution in [0.2, 0.25) is 0 Å². The van der Waals surface area contributed by atoms with Crippen molar-refractivity contribution >= 4 is 61.8 Å². The number of aromatic nitrogens is 3. The van der Waals surface area contributed by atoms with Gasteiger partial charge in [-0.25, -0.2) is 14.9 Å². The van der Waals surface area contributed by atoms with Crippen LogP contribution in [-0.4, -0.2) is 19.3 Å². The molecule has 0 fully saturated rings. The molecule has 0 bridgehead atoms. The molecule has 1 N–H and O–H groups in total. The van der Waals surface area contributed by atoms with Gasteiger partial charge in [-0.3, -0.25) is 4.40 Å². The van der Waals surface area contributed by atoms with E-state index in [-0.39, 0.29) is 0 Å². The summed E-state index contributed by atoms with van der Waals surface area (Å²) in [5.41, 5.74) is 6.90. The third-order valence-corrected chi connectivity index (χ3v) is 12.2. The summed E-state index contributed by atoms with van der Waals surface area (Å²) in [7, 11) is -2.80. The molecule has 6 aromatic carbocycles. The monoisotopic (exact) mass is 622 g/mol. The maximum absolute atomic E-state index is 12.4. The van der Waals surface area contributed by atoms with Crippen LogP contribution >= 0.6 is 7.49 Å². The molecule has 9 rings (SSSR count). The Morgan fingerprint density at radius 2 is 1.11 bits per heavy atom. The predicted molar refractivity (Wildman–Crippen MR) is 197 cm³/mol. The normalized spacial score (nSPS) is 11.9. The number of hydrogen-bond acceptors (Lipinski definition) is 3. The van der Waals surface area contributed by atoms with Gasteiger partial charge in [-0.2, -0.15) is 0 Å². The smallest absolute Gasteiger partial charge is 0.238 e. The SMILES string of the molecule is O[P+](c1ccccc1)(c1ccccc1)c1ccc2cc(-c3cccc(-c4nc5c(nc6ccccn65)c5ccccc45)c3)ccc2c1. The van der Waals surface area contributed by atoms with Crippen LogP contribution in [0.3, 0.4) is 0 Å². The van der Waals surface area contributed by atoms with Crippen molar-refractivity contribution in [3.05, 3.63) is 170 Å². The van der Waals surface area contributed by atoms with E-state index in [0.29, 0.717) is 0 Å². The van der Waals surface area contributed by atoms with Crippen molar-refractivity contribution < 1.29 is 4.89 Å². The molecule has 0 spiro atoms. The summed E-state index contributed by atoms with van der Waals surface area (Å²) >= 11 is 0. The van der Waals surface area contributed by atoms with E-state index in [0.717, 1.165) is 76.7 Å². The molecule has 5 heteroatoms. The number of rotatable bonds is 5. The summed E-state index contributed by atoms with van der Waals surface area (Å²) < 4.78 is 2.06. The second-order valence-electron chi connectivity index (χ2n) is 11.9. The largest absolute Gasteiger partial charge is 0.284 e. The third-order valence-electron chi connectivity index (χ3n) is 9.09. The number of hydrogen-bond donors (Lipinski definition) is 1. The Morgan fingerprint density at radius 3 is 1.89 bits per heavy atom. The van der Waals surface area contributed by atoms with Crippen LogP contribution in [0.25, 0.3) is 60.7 Å². The highest BCUT2D eigenvalue weighted by molar-refractivity contribution is 7.91. The Kier molecular flexibility index (Phi) is 6.46. The number of fused-ring (bicyclic) bond motifs is 6. The molecule has 47 heavy (non-hydrogen) atoms. The molecule has 0 unspecified atom stereocenters. The Morgan fingerprint density at radius 1 is 0.468 bits per heavy atom. The van der Waals surface area contributed by atoms with Crippen molar-refractivity contribution in [3.63, 3.8) is 0 Å². The van der Waals surface area contributed by atoms with Gasteiger partial charge in [0, 0.05) is 22.5 Å². The van der Waals surface area contributed by atoms with E-state index in [9.17, 15) is 4.89 Å². The van der Waals surface area contributed by atoms with Crippen molar-refractivity contribution in [2.75, 3.05) is 0 Å². The lowest BCUT2D eigenvalue weighted by atomic mass is 9.97. The molecule has 4 nitrogen and oxygen atoms in total. The first-order valence-corrected chi connectivity index (χ1v) is 17.4. The fourth-order valence-corrected chi connectivity index (χ4v) is 9.47. The zero-order valence-corrected chi connectivity index (χ0v) is 26.3. The molecule has 0 saturated carbocycles. The number of pyridine rings is 2. The highest BCUT2D eigenvalue weighted by Crippen LogP contribution is 2.51. The van der Waals surface area contributed by atoms with E-state index >= 15 is 0 Å². The summed E-state index contributed by atoms with van der Waals surface area (Å²) in [5.74, 6) is 0. The van der Waals surface area contributed by atoms with Gasteiger partial charge >= 0.3 is 0 Å². The molecule has 3 heterocycles. The van der Waals surface area contributed by atoms with Crippen molar-refractivity contribution in [1.82, 2.24) is 14.4 Å². The van der Waals surface area contributed by atoms with E-state index in [1.165, 1.54) is 0 Å². The summed E-state index contributed by atoms with van der Waals surface area (Å²) in [6.07, 6.45) is 2.02. The molecule has 0 aliphatic heterocycles. The fraction of sp³-hybridized carbons (Fsp3) is 0. The lowest BCUT2D eigenvalue weighted by Gasteiger charge is -2.20. The van der Waals surface area contributed by atoms with Crippen LogP contribution in [0.1, 0.15) is 0 Å². The van der Waals surface area contributed by atoms with Gasteiger partial charge in [0.1, 0.15) is 27.1 Å². The fourth-order valence-electron chi connectivity index (χ4n) is 6.75. The van der Waals surface area contributed by atoms with Crippen LogP contribution in [0, 0.1) is 0 Å². The number of benzene rings is 6. The first-order chi connectivity index (χ1) is 23.2. The van der Waals surface area contributed by atoms with Crippen molar-refractivity contribution in [2.45, 2.75) is 0 Å². The second-order valence-corrected chi connectivity index (χ2v) is 14.7. The molecule has 0 aliphatic rings. The van der Waals surface area contributed by atoms with E-state index in [1.807, 2.05) is 85.1 Å². The molecule has 0 saturated heterocycles. The van der Waals surface area contributed by atoms with Gasteiger partial charge < -0.3 is 0 Å². The number of imidazole rings is 1. The lowest BCUT2D eigenvalue weighted by molar-refractivity contribution is 0.633. The molecular formula is C42H29N3OP+. The molecule has 0 atom stereocenters. The zero-order chi connectivity index (χ0) is 31.4. The van der Waals surface area contributed by atoms with Crippen LogP contribution in [0.5, 0.6) is 0 Å². The first kappa shape index (κ1) is 27.6. The van der Waals surface area contributed by atoms with Gasteiger partial charge in [0.25, 0.3) is 0 Å². The van der Waals surface area contributed by atoms with Gasteiger partial charge in [-0.1, -0.05) is 103 Å². The minimum absolute atomic E-state index is 0.856. The average molecular weight is 623 g/mol. The first-order valence-electron chi connectivity index (χ1n) is 15.7. The van der Waals surface area contributed by atoms with E-state index in [2.05, 4.69) is 89.3 Å². The molecule has 0 aliphatic carbocycles. The summed E-state index contributed by atoms with van der Waals surface area (Å²) in [4.78, 5) is 22.6. The van der Waals surface area contributed by atoms with E-state index in [1.54, 1.807) is 0 Å². The Bertz CT molecular complexity index is 2560. The van der Waals surface area contributed by atoms with E-state index < -0.39 is 7.49 Å². The molecule has 222 valence electrons. The van der Waals surface area contributed by atoms with Crippen LogP contribution in [0.15, 0.2) is 170 Å². The van der Waals surface area contributed by atoms with Gasteiger partial charge in [-0.15, -0.1) is 0 Å². The Labute approximate surface area is 272 Å². The molecule has 0 amide bonds. The van der Waals surface area contributed by atoms with Crippen molar-refractivity contribution in [2.24, 2.45) is 0 Å². The minimum Gasteiger partial charge on any atom is -0.284 e. The highest BCUT2D eigenvalue weighted by Gasteiger charge is 2.44. The summed E-state index contributed by atoms with van der Waals surface area (Å²) in [5, 5.41) is 7.23. The molecule has 3 aromatic heterocycles. The van der Waals surface area contributed by atoms with Crippen molar-refractivity contribution in [1.29, 1.82) is 0 Å². The molecular weight excluding hydrogens is 593 g/mol. The molecule has 0 radical (unpaired) electrons. The maximum Gasteiger partial charge on any atom is 0.238 e. The summed E-state index contributed by atoms with van der Waals surface area (Å²) in [6, 6.07) is 56.2. The van der Waals surface area contributed by atoms with Crippen LogP contribution < -0.4 is 15.9 Å². The highest BCUT2D eigenvalue weighted by atomic mass is 31.2. The van der Waals surface area contributed by atoms with Gasteiger partial charge in [0.15, 0.2) is 5.65 Å². The van der Waals surface area contributed by atoms with E-state index in [4.69, 9.17) is 9.97 Å². The second kappa shape index (κ2) is 11.0. The zero-order valence-electron chi connectivity index (χ0n) is 25.4. The standard InChI is InChI=1S/C42H29N3OP/c46-47(34-14-3-1-4-15-34,35-16-5-2-6-17-35)36-24-23-31-26-30(21-22-32(31)28-36)29-12-11-13-33(27-29)40-37-18-7-8-19-38(37)41-42(44-40)45-25-10-9-20-39(45)43-41/h1-28,46H/q+1. The van der Waals surface area contributed by atoms with Crippen LogP contribution in [0.4, 0.5) is 0 Å². The lowest BCUT2D eigenvalue weighted by Crippen LogP contribution is -2.30. The Balaban J connectivity index is 1.15. The molecule has 9 aromatic rings. The summed E-state index contributed by atoms with van der Waals surface area (Å²) in [6.45, 7) is 0. The van der Waals surface area contributed by atoms with Gasteiger partial charge in [0.05, 0.1) is 5.69 Å². The van der Waals surface area contributed by atoms with Gasteiger partial charge in [0.2, 0.25) is 7.49 Å².